The minimum absolute atomic E-state index is 0.337. The highest BCUT2D eigenvalue weighted by Crippen LogP contribution is 2.15. The minimum atomic E-state index is 0.337. The summed E-state index contributed by atoms with van der Waals surface area (Å²) in [6.45, 7) is 0. The normalized spacial score (nSPS) is 10.7. The van der Waals surface area contributed by atoms with E-state index < -0.39 is 0 Å². The Morgan fingerprint density at radius 1 is 1.00 bits per heavy atom. The predicted molar refractivity (Wildman–Crippen MR) is 80.7 cm³/mol. The largest absolute Gasteiger partial charge is 0.263 e. The van der Waals surface area contributed by atoms with Crippen LogP contribution in [0.15, 0.2) is 66.0 Å². The van der Waals surface area contributed by atoms with Crippen LogP contribution in [0.3, 0.4) is 0 Å². The van der Waals surface area contributed by atoms with Gasteiger partial charge in [0.1, 0.15) is 0 Å². The van der Waals surface area contributed by atoms with E-state index in [2.05, 4.69) is 30.7 Å². The molecule has 21 heavy (non-hydrogen) atoms. The van der Waals surface area contributed by atoms with Crippen LogP contribution in [-0.2, 0) is 0 Å². The lowest BCUT2D eigenvalue weighted by Crippen LogP contribution is -2.00. The van der Waals surface area contributed by atoms with Gasteiger partial charge in [-0.2, -0.15) is 10.2 Å². The molecule has 1 N–H and O–H groups in total. The second-order valence-corrected chi connectivity index (χ2v) is 4.16. The van der Waals surface area contributed by atoms with E-state index in [0.29, 0.717) is 5.95 Å². The molecular formula is C15H12N6. The summed E-state index contributed by atoms with van der Waals surface area (Å²) in [5, 5.41) is 11.9. The lowest BCUT2D eigenvalue weighted by molar-refractivity contribution is 0.966. The van der Waals surface area contributed by atoms with Gasteiger partial charge in [0.05, 0.1) is 23.8 Å². The van der Waals surface area contributed by atoms with E-state index in [1.165, 1.54) is 0 Å². The Balaban J connectivity index is 1.74. The predicted octanol–water partition coefficient (Wildman–Crippen LogP) is 2.38. The molecule has 0 fully saturated rings. The molecule has 6 nitrogen and oxygen atoms in total. The summed E-state index contributed by atoms with van der Waals surface area (Å²) in [6, 6.07) is 15.4. The van der Waals surface area contributed by atoms with Crippen molar-refractivity contribution < 1.29 is 0 Å². The number of anilines is 1. The van der Waals surface area contributed by atoms with Gasteiger partial charge in [0.2, 0.25) is 0 Å². The molecule has 0 aliphatic rings. The number of hydrazone groups is 1. The van der Waals surface area contributed by atoms with Crippen LogP contribution < -0.4 is 5.43 Å². The van der Waals surface area contributed by atoms with Crippen LogP contribution in [0.2, 0.25) is 0 Å². The monoisotopic (exact) mass is 276 g/mol. The summed E-state index contributed by atoms with van der Waals surface area (Å²) < 4.78 is 0. The third kappa shape index (κ3) is 3.44. The summed E-state index contributed by atoms with van der Waals surface area (Å²) in [6.07, 6.45) is 4.91. The van der Waals surface area contributed by atoms with Crippen molar-refractivity contribution in [1.82, 2.24) is 20.2 Å². The first-order valence-corrected chi connectivity index (χ1v) is 6.37. The molecule has 0 amide bonds. The van der Waals surface area contributed by atoms with Crippen molar-refractivity contribution in [2.45, 2.75) is 0 Å². The fourth-order valence-corrected chi connectivity index (χ4v) is 1.71. The van der Waals surface area contributed by atoms with Crippen LogP contribution in [0.5, 0.6) is 0 Å². The molecule has 3 aromatic rings. The Hall–Kier alpha value is -3.15. The van der Waals surface area contributed by atoms with Gasteiger partial charge in [0, 0.05) is 11.8 Å². The van der Waals surface area contributed by atoms with Gasteiger partial charge in [-0.3, -0.25) is 4.98 Å². The number of aromatic nitrogens is 4. The molecule has 2 aromatic heterocycles. The van der Waals surface area contributed by atoms with Gasteiger partial charge in [-0.15, -0.1) is 5.10 Å². The molecule has 2 heterocycles. The van der Waals surface area contributed by atoms with Crippen molar-refractivity contribution in [3.63, 3.8) is 0 Å². The van der Waals surface area contributed by atoms with E-state index in [1.807, 2.05) is 48.5 Å². The molecule has 0 radical (unpaired) electrons. The van der Waals surface area contributed by atoms with Crippen LogP contribution in [0.1, 0.15) is 5.69 Å². The van der Waals surface area contributed by atoms with Gasteiger partial charge in [-0.1, -0.05) is 36.4 Å². The first-order valence-electron chi connectivity index (χ1n) is 6.37. The maximum atomic E-state index is 4.36. The van der Waals surface area contributed by atoms with Crippen molar-refractivity contribution in [2.75, 3.05) is 5.43 Å². The molecule has 0 atom stereocenters. The molecule has 0 aliphatic carbocycles. The quantitative estimate of drug-likeness (QED) is 0.585. The Morgan fingerprint density at radius 3 is 2.67 bits per heavy atom. The van der Waals surface area contributed by atoms with Crippen molar-refractivity contribution in [3.8, 4) is 11.3 Å². The molecule has 0 saturated heterocycles. The molecule has 0 saturated carbocycles. The van der Waals surface area contributed by atoms with Crippen LogP contribution in [-0.4, -0.2) is 26.4 Å². The Kier molecular flexibility index (Phi) is 3.88. The molecule has 0 bridgehead atoms. The lowest BCUT2D eigenvalue weighted by Gasteiger charge is -2.01. The molecule has 102 valence electrons. The number of rotatable bonds is 4. The molecule has 6 heteroatoms. The van der Waals surface area contributed by atoms with E-state index in [9.17, 15) is 0 Å². The SMILES string of the molecule is C(=NNc1nncc(-c2ccccc2)n1)c1ccccn1. The van der Waals surface area contributed by atoms with E-state index >= 15 is 0 Å². The van der Waals surface area contributed by atoms with Gasteiger partial charge in [0.25, 0.3) is 5.95 Å². The smallest absolute Gasteiger partial charge is 0.255 e. The van der Waals surface area contributed by atoms with E-state index in [4.69, 9.17) is 0 Å². The third-order valence-electron chi connectivity index (χ3n) is 2.68. The number of nitrogens with one attached hydrogen (secondary N) is 1. The van der Waals surface area contributed by atoms with Crippen molar-refractivity contribution in [1.29, 1.82) is 0 Å². The highest BCUT2D eigenvalue weighted by molar-refractivity contribution is 5.77. The van der Waals surface area contributed by atoms with E-state index in [0.717, 1.165) is 17.0 Å². The van der Waals surface area contributed by atoms with Gasteiger partial charge < -0.3 is 0 Å². The zero-order valence-electron chi connectivity index (χ0n) is 11.1. The Morgan fingerprint density at radius 2 is 1.86 bits per heavy atom. The van der Waals surface area contributed by atoms with Crippen LogP contribution >= 0.6 is 0 Å². The maximum absolute atomic E-state index is 4.36. The first kappa shape index (κ1) is 12.9. The van der Waals surface area contributed by atoms with Gasteiger partial charge in [0.15, 0.2) is 0 Å². The van der Waals surface area contributed by atoms with Gasteiger partial charge in [-0.25, -0.2) is 10.4 Å². The zero-order chi connectivity index (χ0) is 14.3. The van der Waals surface area contributed by atoms with E-state index in [-0.39, 0.29) is 0 Å². The maximum Gasteiger partial charge on any atom is 0.263 e. The Labute approximate surface area is 121 Å². The minimum Gasteiger partial charge on any atom is -0.255 e. The number of benzene rings is 1. The van der Waals surface area contributed by atoms with Crippen molar-refractivity contribution >= 4 is 12.2 Å². The molecule has 3 rings (SSSR count). The molecule has 0 aliphatic heterocycles. The highest BCUT2D eigenvalue weighted by atomic mass is 15.4. The second-order valence-electron chi connectivity index (χ2n) is 4.16. The van der Waals surface area contributed by atoms with Crippen LogP contribution in [0, 0.1) is 0 Å². The zero-order valence-corrected chi connectivity index (χ0v) is 11.1. The highest BCUT2D eigenvalue weighted by Gasteiger charge is 2.01. The average Bonchev–Trinajstić information content (AvgIpc) is 2.57. The van der Waals surface area contributed by atoms with Crippen molar-refractivity contribution in [2.24, 2.45) is 5.10 Å². The van der Waals surface area contributed by atoms with Gasteiger partial charge >= 0.3 is 0 Å². The number of hydrogen-bond acceptors (Lipinski definition) is 6. The summed E-state index contributed by atoms with van der Waals surface area (Å²) in [4.78, 5) is 8.48. The second kappa shape index (κ2) is 6.33. The molecule has 0 unspecified atom stereocenters. The fraction of sp³-hybridized carbons (Fsp3) is 0. The van der Waals surface area contributed by atoms with Gasteiger partial charge in [-0.05, 0) is 12.1 Å². The number of hydrogen-bond donors (Lipinski definition) is 1. The molecule has 0 spiro atoms. The van der Waals surface area contributed by atoms with Crippen LogP contribution in [0.4, 0.5) is 5.95 Å². The molecular weight excluding hydrogens is 264 g/mol. The summed E-state index contributed by atoms with van der Waals surface area (Å²) in [5.41, 5.74) is 5.21. The first-order chi connectivity index (χ1) is 10.4. The fourth-order valence-electron chi connectivity index (χ4n) is 1.71. The van der Waals surface area contributed by atoms with Crippen molar-refractivity contribution in [3.05, 3.63) is 66.6 Å². The summed E-state index contributed by atoms with van der Waals surface area (Å²) in [7, 11) is 0. The summed E-state index contributed by atoms with van der Waals surface area (Å²) in [5.74, 6) is 0.337. The Bertz CT molecular complexity index is 727. The number of pyridine rings is 1. The number of nitrogens with zero attached hydrogens (tertiary/aromatic N) is 5. The van der Waals surface area contributed by atoms with E-state index in [1.54, 1.807) is 18.6 Å². The standard InChI is InChI=1S/C15H12N6/c1-2-6-12(7-3-1)14-11-18-21-15(19-14)20-17-10-13-8-4-5-9-16-13/h1-11H,(H,19,20,21). The third-order valence-corrected chi connectivity index (χ3v) is 2.68. The topological polar surface area (TPSA) is 76.0 Å². The molecule has 1 aromatic carbocycles. The summed E-state index contributed by atoms with van der Waals surface area (Å²) >= 11 is 0. The van der Waals surface area contributed by atoms with Crippen LogP contribution in [0.25, 0.3) is 11.3 Å². The lowest BCUT2D eigenvalue weighted by atomic mass is 10.2. The average molecular weight is 276 g/mol.